The Morgan fingerprint density at radius 3 is 2.75 bits per heavy atom. The van der Waals surface area contributed by atoms with E-state index in [2.05, 4.69) is 10.1 Å². The summed E-state index contributed by atoms with van der Waals surface area (Å²) >= 11 is 1.37. The van der Waals surface area contributed by atoms with Crippen LogP contribution in [0.4, 0.5) is 0 Å². The summed E-state index contributed by atoms with van der Waals surface area (Å²) in [5.74, 6) is 0. The monoisotopic (exact) mass is 405 g/mol. The molecule has 0 bridgehead atoms. The number of aromatic amines is 1. The maximum Gasteiger partial charge on any atom is 0.343 e. The molecule has 4 heterocycles. The molecule has 1 unspecified atom stereocenters. The van der Waals surface area contributed by atoms with Crippen molar-refractivity contribution in [3.8, 4) is 0 Å². The molecule has 0 saturated carbocycles. The van der Waals surface area contributed by atoms with Crippen molar-refractivity contribution in [2.45, 2.75) is 58.8 Å². The fraction of sp³-hybridized carbons (Fsp3) is 0.556. The molecule has 4 rings (SSSR count). The first-order valence-corrected chi connectivity index (χ1v) is 10.2. The van der Waals surface area contributed by atoms with Crippen molar-refractivity contribution in [3.63, 3.8) is 0 Å². The zero-order valence-corrected chi connectivity index (χ0v) is 16.9. The van der Waals surface area contributed by atoms with Crippen molar-refractivity contribution in [2.24, 2.45) is 0 Å². The zero-order valence-electron chi connectivity index (χ0n) is 16.1. The van der Waals surface area contributed by atoms with E-state index >= 15 is 0 Å². The van der Waals surface area contributed by atoms with E-state index in [1.165, 1.54) is 26.9 Å². The lowest BCUT2D eigenvalue weighted by molar-refractivity contribution is 0.0965. The molecule has 10 heteroatoms. The third-order valence-electron chi connectivity index (χ3n) is 5.18. The maximum atomic E-state index is 13.1. The molecule has 28 heavy (non-hydrogen) atoms. The van der Waals surface area contributed by atoms with E-state index in [4.69, 9.17) is 4.74 Å². The molecule has 0 spiro atoms. The standard InChI is InChI=1S/C18H23N5O4S/c1-10(2)23-15(24)14-11(3)13(8-22-17(25)19-9-20-22)28-16(14)21(18(23)26)7-12-5-4-6-27-12/h9-10,12H,4-8H2,1-3H3,(H,19,20,25). The normalized spacial score (nSPS) is 17.2. The summed E-state index contributed by atoms with van der Waals surface area (Å²) in [6.07, 6.45) is 3.18. The minimum absolute atomic E-state index is 0.0289. The van der Waals surface area contributed by atoms with Crippen LogP contribution >= 0.6 is 11.3 Å². The molecule has 0 radical (unpaired) electrons. The molecule has 1 fully saturated rings. The Bertz CT molecular complexity index is 1190. The number of aryl methyl sites for hydroxylation is 1. The Morgan fingerprint density at radius 1 is 1.36 bits per heavy atom. The van der Waals surface area contributed by atoms with E-state index in [9.17, 15) is 14.4 Å². The van der Waals surface area contributed by atoms with E-state index in [0.29, 0.717) is 23.4 Å². The largest absolute Gasteiger partial charge is 0.376 e. The predicted octanol–water partition coefficient (Wildman–Crippen LogP) is 1.23. The molecular weight excluding hydrogens is 382 g/mol. The summed E-state index contributed by atoms with van der Waals surface area (Å²) < 4.78 is 10.0. The molecule has 9 nitrogen and oxygen atoms in total. The van der Waals surface area contributed by atoms with Crippen LogP contribution in [0.1, 0.15) is 43.2 Å². The molecule has 1 N–H and O–H groups in total. The molecule has 3 aromatic rings. The van der Waals surface area contributed by atoms with Gasteiger partial charge in [0.15, 0.2) is 0 Å². The topological polar surface area (TPSA) is 104 Å². The van der Waals surface area contributed by atoms with E-state index in [1.54, 1.807) is 4.57 Å². The lowest BCUT2D eigenvalue weighted by Gasteiger charge is -2.17. The van der Waals surface area contributed by atoms with Crippen LogP contribution < -0.4 is 16.9 Å². The van der Waals surface area contributed by atoms with Gasteiger partial charge in [-0.15, -0.1) is 11.3 Å². The van der Waals surface area contributed by atoms with Gasteiger partial charge in [-0.2, -0.15) is 5.10 Å². The van der Waals surface area contributed by atoms with Crippen molar-refractivity contribution < 1.29 is 4.74 Å². The molecule has 150 valence electrons. The Labute approximate surface area is 164 Å². The van der Waals surface area contributed by atoms with E-state index < -0.39 is 0 Å². The highest BCUT2D eigenvalue weighted by atomic mass is 32.1. The molecular formula is C18H23N5O4S. The second-order valence-corrected chi connectivity index (χ2v) is 8.46. The number of nitrogens with one attached hydrogen (secondary N) is 1. The Balaban J connectivity index is 1.93. The highest BCUT2D eigenvalue weighted by molar-refractivity contribution is 7.18. The van der Waals surface area contributed by atoms with Gasteiger partial charge in [-0.3, -0.25) is 18.9 Å². The number of nitrogens with zero attached hydrogens (tertiary/aromatic N) is 4. The molecule has 1 atom stereocenters. The SMILES string of the molecule is Cc1c(Cn2nc[nH]c2=O)sc2c1c(=O)n(C(C)C)c(=O)n2CC1CCCO1. The van der Waals surface area contributed by atoms with Crippen LogP contribution in [0.15, 0.2) is 20.7 Å². The summed E-state index contributed by atoms with van der Waals surface area (Å²) in [6.45, 7) is 6.89. The zero-order chi connectivity index (χ0) is 20.0. The average molecular weight is 405 g/mol. The summed E-state index contributed by atoms with van der Waals surface area (Å²) in [6, 6.07) is -0.253. The van der Waals surface area contributed by atoms with Crippen LogP contribution in [0.25, 0.3) is 10.2 Å². The summed E-state index contributed by atoms with van der Waals surface area (Å²) in [5, 5.41) is 4.53. The lowest BCUT2D eigenvalue weighted by atomic mass is 10.2. The number of fused-ring (bicyclic) bond motifs is 1. The van der Waals surface area contributed by atoms with Crippen molar-refractivity contribution in [3.05, 3.63) is 48.1 Å². The average Bonchev–Trinajstić information content (AvgIpc) is 3.35. The van der Waals surface area contributed by atoms with E-state index in [0.717, 1.165) is 23.3 Å². The summed E-state index contributed by atoms with van der Waals surface area (Å²) in [5.41, 5.74) is -0.121. The van der Waals surface area contributed by atoms with Gasteiger partial charge < -0.3 is 4.74 Å². The number of hydrogen-bond donors (Lipinski definition) is 1. The van der Waals surface area contributed by atoms with Crippen molar-refractivity contribution >= 4 is 21.6 Å². The minimum Gasteiger partial charge on any atom is -0.376 e. The fourth-order valence-electron chi connectivity index (χ4n) is 3.70. The van der Waals surface area contributed by atoms with Gasteiger partial charge >= 0.3 is 11.4 Å². The number of ether oxygens (including phenoxy) is 1. The molecule has 0 amide bonds. The first kappa shape index (κ1) is 18.9. The van der Waals surface area contributed by atoms with Crippen molar-refractivity contribution in [1.29, 1.82) is 0 Å². The number of hydrogen-bond acceptors (Lipinski definition) is 6. The molecule has 3 aromatic heterocycles. The van der Waals surface area contributed by atoms with Gasteiger partial charge in [-0.25, -0.2) is 14.3 Å². The predicted molar refractivity (Wildman–Crippen MR) is 106 cm³/mol. The van der Waals surface area contributed by atoms with Crippen LogP contribution in [0.2, 0.25) is 0 Å². The summed E-state index contributed by atoms with van der Waals surface area (Å²) in [4.78, 5) is 42.1. The van der Waals surface area contributed by atoms with Crippen LogP contribution in [-0.2, 0) is 17.8 Å². The van der Waals surface area contributed by atoms with E-state index in [-0.39, 0.29) is 35.6 Å². The number of thiophene rings is 1. The lowest BCUT2D eigenvalue weighted by Crippen LogP contribution is -2.42. The first-order valence-electron chi connectivity index (χ1n) is 9.38. The van der Waals surface area contributed by atoms with Gasteiger partial charge in [0.25, 0.3) is 5.56 Å². The van der Waals surface area contributed by atoms with Crippen LogP contribution in [-0.4, -0.2) is 36.6 Å². The fourth-order valence-corrected chi connectivity index (χ4v) is 4.98. The van der Waals surface area contributed by atoms with Crippen molar-refractivity contribution in [2.75, 3.05) is 6.61 Å². The Kier molecular flexibility index (Phi) is 4.84. The van der Waals surface area contributed by atoms with Crippen LogP contribution in [0, 0.1) is 6.92 Å². The first-order chi connectivity index (χ1) is 13.4. The molecule has 0 aliphatic carbocycles. The molecule has 1 aliphatic heterocycles. The van der Waals surface area contributed by atoms with Gasteiger partial charge in [0.05, 0.1) is 24.6 Å². The highest BCUT2D eigenvalue weighted by Gasteiger charge is 2.24. The third-order valence-corrected chi connectivity index (χ3v) is 6.48. The smallest absolute Gasteiger partial charge is 0.343 e. The van der Waals surface area contributed by atoms with Gasteiger partial charge in [-0.1, -0.05) is 0 Å². The highest BCUT2D eigenvalue weighted by Crippen LogP contribution is 2.29. The number of H-pyrrole nitrogens is 1. The number of aromatic nitrogens is 5. The van der Waals surface area contributed by atoms with Gasteiger partial charge in [0.2, 0.25) is 0 Å². The van der Waals surface area contributed by atoms with Crippen molar-refractivity contribution in [1.82, 2.24) is 23.9 Å². The second-order valence-electron chi connectivity index (χ2n) is 7.38. The molecule has 0 aromatic carbocycles. The van der Waals surface area contributed by atoms with Gasteiger partial charge in [0.1, 0.15) is 11.2 Å². The van der Waals surface area contributed by atoms with Gasteiger partial charge in [0, 0.05) is 17.5 Å². The van der Waals surface area contributed by atoms with Gasteiger partial charge in [-0.05, 0) is 39.2 Å². The molecule has 1 saturated heterocycles. The Hall–Kier alpha value is -2.46. The number of rotatable bonds is 5. The third kappa shape index (κ3) is 3.06. The summed E-state index contributed by atoms with van der Waals surface area (Å²) in [7, 11) is 0. The second kappa shape index (κ2) is 7.17. The quantitative estimate of drug-likeness (QED) is 0.687. The maximum absolute atomic E-state index is 13.1. The van der Waals surface area contributed by atoms with E-state index in [1.807, 2.05) is 20.8 Å². The minimum atomic E-state index is -0.312. The Morgan fingerprint density at radius 2 is 2.14 bits per heavy atom. The van der Waals surface area contributed by atoms with Crippen LogP contribution in [0.3, 0.4) is 0 Å². The molecule has 1 aliphatic rings. The van der Waals surface area contributed by atoms with Crippen LogP contribution in [0.5, 0.6) is 0 Å².